The Hall–Kier alpha value is -1.98. The van der Waals surface area contributed by atoms with Crippen LogP contribution in [0.2, 0.25) is 0 Å². The van der Waals surface area contributed by atoms with Crippen LogP contribution < -0.4 is 4.74 Å². The maximum atomic E-state index is 5.52. The molecular weight excluding hydrogens is 384 g/mol. The lowest BCUT2D eigenvalue weighted by atomic mass is 10.1. The Kier molecular flexibility index (Phi) is 3.98. The van der Waals surface area contributed by atoms with E-state index in [1.165, 1.54) is 16.0 Å². The van der Waals surface area contributed by atoms with Crippen LogP contribution in [0.5, 0.6) is 5.75 Å². The minimum atomic E-state index is 0.785. The number of hydrogen-bond donors (Lipinski definition) is 0. The number of methoxy groups -OCH3 is 1. The molecule has 0 N–H and O–H groups in total. The molecule has 0 unspecified atom stereocenters. The number of nitrogens with zero attached hydrogens (tertiary/aromatic N) is 2. The van der Waals surface area contributed by atoms with Gasteiger partial charge in [0.15, 0.2) is 0 Å². The lowest BCUT2D eigenvalue weighted by Gasteiger charge is -2.08. The fourth-order valence-corrected chi connectivity index (χ4v) is 4.25. The van der Waals surface area contributed by atoms with Crippen LogP contribution in [0.3, 0.4) is 0 Å². The van der Waals surface area contributed by atoms with Gasteiger partial charge in [-0.25, -0.2) is 9.98 Å². The first-order chi connectivity index (χ1) is 11.7. The van der Waals surface area contributed by atoms with E-state index >= 15 is 0 Å². The fourth-order valence-electron chi connectivity index (χ4n) is 2.86. The smallest absolute Gasteiger partial charge is 0.209 e. The van der Waals surface area contributed by atoms with E-state index in [0.29, 0.717) is 0 Å². The van der Waals surface area contributed by atoms with Crippen molar-refractivity contribution < 1.29 is 4.74 Å². The summed E-state index contributed by atoms with van der Waals surface area (Å²) in [6, 6.07) is 12.3. The summed E-state index contributed by atoms with van der Waals surface area (Å²) < 4.78 is 6.63. The van der Waals surface area contributed by atoms with Crippen LogP contribution in [0, 0.1) is 6.92 Å². The van der Waals surface area contributed by atoms with Gasteiger partial charge < -0.3 is 4.74 Å². The summed E-state index contributed by atoms with van der Waals surface area (Å²) in [4.78, 5) is 10.5. The average Bonchev–Trinajstić information content (AvgIpc) is 3.13. The van der Waals surface area contributed by atoms with Gasteiger partial charge in [0, 0.05) is 27.5 Å². The predicted molar refractivity (Wildman–Crippen MR) is 103 cm³/mol. The number of hydrogen-bond acceptors (Lipinski definition) is 4. The number of halogens is 1. The lowest BCUT2D eigenvalue weighted by molar-refractivity contribution is 0.416. The number of ether oxygens (including phenoxy) is 1. The number of aromatic nitrogens is 1. The first-order valence-electron chi connectivity index (χ1n) is 7.62. The van der Waals surface area contributed by atoms with Crippen molar-refractivity contribution in [2.75, 3.05) is 7.11 Å². The predicted octanol–water partition coefficient (Wildman–Crippen LogP) is 5.54. The third-order valence-electron chi connectivity index (χ3n) is 4.10. The number of fused-ring (bicyclic) bond motifs is 3. The molecule has 3 aromatic rings. The van der Waals surface area contributed by atoms with E-state index in [9.17, 15) is 0 Å². The number of benzene rings is 2. The molecule has 2 aromatic carbocycles. The zero-order chi connectivity index (χ0) is 16.7. The fraction of sp³-hybridized carbons (Fsp3) is 0.158. The molecule has 1 heterocycles. The van der Waals surface area contributed by atoms with Crippen LogP contribution in [-0.2, 0) is 6.42 Å². The molecule has 0 atom stereocenters. The normalized spacial score (nSPS) is 12.5. The van der Waals surface area contributed by atoms with E-state index in [4.69, 9.17) is 9.72 Å². The van der Waals surface area contributed by atoms with Crippen LogP contribution in [-0.4, -0.2) is 18.3 Å². The highest BCUT2D eigenvalue weighted by Crippen LogP contribution is 2.48. The minimum Gasteiger partial charge on any atom is -0.496 e. The number of rotatable bonds is 3. The highest BCUT2D eigenvalue weighted by molar-refractivity contribution is 9.10. The van der Waals surface area contributed by atoms with Crippen LogP contribution in [0.1, 0.15) is 21.6 Å². The Morgan fingerprint density at radius 2 is 2.00 bits per heavy atom. The molecule has 0 radical (unpaired) electrons. The van der Waals surface area contributed by atoms with Gasteiger partial charge in [0.1, 0.15) is 5.75 Å². The summed E-state index contributed by atoms with van der Waals surface area (Å²) in [5.74, 6) is 0.867. The van der Waals surface area contributed by atoms with E-state index in [2.05, 4.69) is 52.1 Å². The molecule has 0 fully saturated rings. The second-order valence-electron chi connectivity index (χ2n) is 5.72. The highest BCUT2D eigenvalue weighted by atomic mass is 79.9. The summed E-state index contributed by atoms with van der Waals surface area (Å²) in [7, 11) is 1.70. The van der Waals surface area contributed by atoms with Gasteiger partial charge in [0.2, 0.25) is 5.13 Å². The van der Waals surface area contributed by atoms with Gasteiger partial charge in [0.05, 0.1) is 12.8 Å². The van der Waals surface area contributed by atoms with Crippen molar-refractivity contribution in [1.29, 1.82) is 0 Å². The Bertz CT molecular complexity index is 945. The molecule has 0 amide bonds. The Labute approximate surface area is 153 Å². The van der Waals surface area contributed by atoms with Crippen molar-refractivity contribution in [3.8, 4) is 17.0 Å². The zero-order valence-corrected chi connectivity index (χ0v) is 15.7. The zero-order valence-electron chi connectivity index (χ0n) is 13.3. The lowest BCUT2D eigenvalue weighted by Crippen LogP contribution is -1.90. The molecule has 4 rings (SSSR count). The summed E-state index contributed by atoms with van der Waals surface area (Å²) in [5.41, 5.74) is 5.67. The van der Waals surface area contributed by atoms with Crippen molar-refractivity contribution in [1.82, 2.24) is 4.98 Å². The maximum Gasteiger partial charge on any atom is 0.209 e. The topological polar surface area (TPSA) is 34.5 Å². The summed E-state index contributed by atoms with van der Waals surface area (Å²) in [6.07, 6.45) is 2.74. The Morgan fingerprint density at radius 1 is 1.21 bits per heavy atom. The molecular formula is C19H15BrN2OS. The standard InChI is InChI=1S/C19H15BrN2OS/c1-11-3-5-12(6-4-11)10-21-19-22-18-16(24-19)9-13-14(20)7-8-15(23-2)17(13)18/h3-8,10H,9H2,1-2H3. The van der Waals surface area contributed by atoms with E-state index < -0.39 is 0 Å². The first-order valence-corrected chi connectivity index (χ1v) is 9.23. The second-order valence-corrected chi connectivity index (χ2v) is 7.63. The molecule has 1 aliphatic carbocycles. The molecule has 1 aromatic heterocycles. The molecule has 120 valence electrons. The maximum absolute atomic E-state index is 5.52. The molecule has 3 nitrogen and oxygen atoms in total. The van der Waals surface area contributed by atoms with Gasteiger partial charge in [0.25, 0.3) is 0 Å². The molecule has 1 aliphatic rings. The van der Waals surface area contributed by atoms with Gasteiger partial charge in [-0.05, 0) is 30.2 Å². The van der Waals surface area contributed by atoms with E-state index in [-0.39, 0.29) is 0 Å². The van der Waals surface area contributed by atoms with Crippen molar-refractivity contribution in [2.24, 2.45) is 4.99 Å². The largest absolute Gasteiger partial charge is 0.496 e. The van der Waals surface area contributed by atoms with Crippen LogP contribution in [0.4, 0.5) is 5.13 Å². The third kappa shape index (κ3) is 2.68. The summed E-state index contributed by atoms with van der Waals surface area (Å²) in [6.45, 7) is 2.08. The van der Waals surface area contributed by atoms with Crippen molar-refractivity contribution >= 4 is 38.6 Å². The average molecular weight is 399 g/mol. The molecule has 5 heteroatoms. The van der Waals surface area contributed by atoms with Gasteiger partial charge in [-0.1, -0.05) is 57.1 Å². The highest BCUT2D eigenvalue weighted by Gasteiger charge is 2.28. The molecule has 0 bridgehead atoms. The minimum absolute atomic E-state index is 0.785. The Morgan fingerprint density at radius 3 is 2.75 bits per heavy atom. The van der Waals surface area contributed by atoms with Crippen molar-refractivity contribution in [2.45, 2.75) is 13.3 Å². The number of aryl methyl sites for hydroxylation is 1. The van der Waals surface area contributed by atoms with E-state index in [1.807, 2.05) is 18.3 Å². The van der Waals surface area contributed by atoms with E-state index in [1.54, 1.807) is 18.4 Å². The second kappa shape index (κ2) is 6.15. The van der Waals surface area contributed by atoms with Gasteiger partial charge >= 0.3 is 0 Å². The van der Waals surface area contributed by atoms with E-state index in [0.717, 1.165) is 38.6 Å². The molecule has 0 aliphatic heterocycles. The van der Waals surface area contributed by atoms with Crippen molar-refractivity contribution in [3.63, 3.8) is 0 Å². The molecule has 0 spiro atoms. The van der Waals surface area contributed by atoms with Gasteiger partial charge in [-0.15, -0.1) is 0 Å². The van der Waals surface area contributed by atoms with Gasteiger partial charge in [-0.3, -0.25) is 0 Å². The third-order valence-corrected chi connectivity index (χ3v) is 5.81. The van der Waals surface area contributed by atoms with Crippen LogP contribution >= 0.6 is 27.3 Å². The molecule has 0 saturated carbocycles. The molecule has 24 heavy (non-hydrogen) atoms. The van der Waals surface area contributed by atoms with Crippen LogP contribution in [0.25, 0.3) is 11.3 Å². The first kappa shape index (κ1) is 15.5. The monoisotopic (exact) mass is 398 g/mol. The quantitative estimate of drug-likeness (QED) is 0.424. The summed E-state index contributed by atoms with van der Waals surface area (Å²) in [5, 5.41) is 0.785. The van der Waals surface area contributed by atoms with Crippen LogP contribution in [0.15, 0.2) is 45.9 Å². The number of aliphatic imine (C=N–C) groups is 1. The summed E-state index contributed by atoms with van der Waals surface area (Å²) >= 11 is 5.28. The molecule has 0 saturated heterocycles. The number of thiazole rings is 1. The SMILES string of the molecule is COc1ccc(Br)c2c1-c1nc(N=Cc3ccc(C)cc3)sc1C2. The Balaban J connectivity index is 1.69. The van der Waals surface area contributed by atoms with Crippen molar-refractivity contribution in [3.05, 3.63) is 62.4 Å². The van der Waals surface area contributed by atoms with Gasteiger partial charge in [-0.2, -0.15) is 0 Å².